The molecule has 0 heterocycles. The van der Waals surface area contributed by atoms with Crippen molar-refractivity contribution in [1.82, 2.24) is 10.2 Å². The van der Waals surface area contributed by atoms with E-state index in [9.17, 15) is 9.59 Å². The minimum Gasteiger partial charge on any atom is -0.354 e. The normalized spacial score (nSPS) is 11.7. The van der Waals surface area contributed by atoms with Crippen molar-refractivity contribution >= 4 is 23.4 Å². The summed E-state index contributed by atoms with van der Waals surface area (Å²) in [7, 11) is 0. The van der Waals surface area contributed by atoms with Crippen molar-refractivity contribution in [3.8, 4) is 0 Å². The van der Waals surface area contributed by atoms with E-state index in [0.29, 0.717) is 24.5 Å². The second-order valence-corrected chi connectivity index (χ2v) is 7.82. The minimum absolute atomic E-state index is 0.0544. The van der Waals surface area contributed by atoms with E-state index in [1.165, 1.54) is 0 Å². The zero-order valence-electron chi connectivity index (χ0n) is 17.6. The smallest absolute Gasteiger partial charge is 0.242 e. The number of hydrogen-bond donors (Lipinski definition) is 1. The Morgan fingerprint density at radius 1 is 1.00 bits per heavy atom. The maximum Gasteiger partial charge on any atom is 0.242 e. The van der Waals surface area contributed by atoms with Crippen LogP contribution in [0.25, 0.3) is 0 Å². The van der Waals surface area contributed by atoms with E-state index in [1.54, 1.807) is 4.90 Å². The van der Waals surface area contributed by atoms with E-state index in [1.807, 2.05) is 62.4 Å². The molecule has 1 N–H and O–H groups in total. The highest BCUT2D eigenvalue weighted by atomic mass is 35.5. The molecular weight excluding hydrogens is 384 g/mol. The lowest BCUT2D eigenvalue weighted by atomic mass is 10.1. The topological polar surface area (TPSA) is 49.4 Å². The molecule has 0 spiro atoms. The van der Waals surface area contributed by atoms with Gasteiger partial charge in [-0.15, -0.1) is 0 Å². The summed E-state index contributed by atoms with van der Waals surface area (Å²) >= 11 is 6.00. The van der Waals surface area contributed by atoms with Crippen LogP contribution in [0.5, 0.6) is 0 Å². The van der Waals surface area contributed by atoms with E-state index in [2.05, 4.69) is 12.2 Å². The molecule has 4 nitrogen and oxygen atoms in total. The molecule has 0 aromatic heterocycles. The van der Waals surface area contributed by atoms with Gasteiger partial charge in [0.2, 0.25) is 11.8 Å². The van der Waals surface area contributed by atoms with Crippen LogP contribution in [0.15, 0.2) is 48.5 Å². The first-order valence-electron chi connectivity index (χ1n) is 10.3. The molecule has 156 valence electrons. The largest absolute Gasteiger partial charge is 0.354 e. The van der Waals surface area contributed by atoms with Crippen LogP contribution < -0.4 is 5.32 Å². The highest BCUT2D eigenvalue weighted by molar-refractivity contribution is 6.30. The Morgan fingerprint density at radius 2 is 1.62 bits per heavy atom. The molecule has 0 aliphatic rings. The molecular formula is C24H31ClN2O2. The molecule has 0 fully saturated rings. The third-order valence-corrected chi connectivity index (χ3v) is 5.21. The Kier molecular flexibility index (Phi) is 9.20. The molecule has 2 aromatic rings. The lowest BCUT2D eigenvalue weighted by molar-refractivity contribution is -0.140. The predicted octanol–water partition coefficient (Wildman–Crippen LogP) is 4.91. The fourth-order valence-corrected chi connectivity index (χ4v) is 3.32. The lowest BCUT2D eigenvalue weighted by Gasteiger charge is -2.31. The molecule has 0 saturated carbocycles. The number of rotatable bonds is 10. The van der Waals surface area contributed by atoms with Crippen molar-refractivity contribution in [2.45, 2.75) is 59.0 Å². The summed E-state index contributed by atoms with van der Waals surface area (Å²) in [6.45, 7) is 7.06. The summed E-state index contributed by atoms with van der Waals surface area (Å²) in [6, 6.07) is 14.9. The van der Waals surface area contributed by atoms with Gasteiger partial charge in [-0.1, -0.05) is 73.8 Å². The number of carbonyl (C=O) groups excluding carboxylic acids is 2. The third-order valence-electron chi connectivity index (χ3n) is 4.96. The van der Waals surface area contributed by atoms with Crippen molar-refractivity contribution in [2.75, 3.05) is 6.54 Å². The Balaban J connectivity index is 2.22. The molecule has 0 radical (unpaired) electrons. The highest BCUT2D eigenvalue weighted by Crippen LogP contribution is 2.17. The molecule has 0 saturated heterocycles. The first-order valence-corrected chi connectivity index (χ1v) is 10.7. The lowest BCUT2D eigenvalue weighted by Crippen LogP contribution is -2.49. The first-order chi connectivity index (χ1) is 13.9. The summed E-state index contributed by atoms with van der Waals surface area (Å²) < 4.78 is 0. The molecule has 2 aromatic carbocycles. The third kappa shape index (κ3) is 7.21. The average molecular weight is 415 g/mol. The van der Waals surface area contributed by atoms with E-state index in [0.717, 1.165) is 29.5 Å². The second kappa shape index (κ2) is 11.6. The SMILES string of the molecule is CCCCNC(=O)C(CC)N(Cc1ccc(Cl)cc1)C(=O)Cc1ccc(C)cc1. The van der Waals surface area contributed by atoms with Crippen LogP contribution in [0.4, 0.5) is 0 Å². The van der Waals surface area contributed by atoms with E-state index >= 15 is 0 Å². The van der Waals surface area contributed by atoms with Gasteiger partial charge in [0.15, 0.2) is 0 Å². The molecule has 0 aliphatic carbocycles. The van der Waals surface area contributed by atoms with Crippen molar-refractivity contribution < 1.29 is 9.59 Å². The number of carbonyl (C=O) groups is 2. The summed E-state index contributed by atoms with van der Waals surface area (Å²) in [5.74, 6) is -0.145. The molecule has 1 unspecified atom stereocenters. The Hall–Kier alpha value is -2.33. The van der Waals surface area contributed by atoms with Crippen LogP contribution in [0, 0.1) is 6.92 Å². The quantitative estimate of drug-likeness (QED) is 0.561. The molecule has 29 heavy (non-hydrogen) atoms. The summed E-state index contributed by atoms with van der Waals surface area (Å²) in [6.07, 6.45) is 2.77. The van der Waals surface area contributed by atoms with Crippen LogP contribution in [-0.4, -0.2) is 29.3 Å². The Labute approximate surface area is 179 Å². The fraction of sp³-hybridized carbons (Fsp3) is 0.417. The van der Waals surface area contributed by atoms with E-state index in [-0.39, 0.29) is 18.2 Å². The van der Waals surface area contributed by atoms with Gasteiger partial charge in [0.25, 0.3) is 0 Å². The zero-order valence-corrected chi connectivity index (χ0v) is 18.3. The van der Waals surface area contributed by atoms with Crippen molar-refractivity contribution in [3.63, 3.8) is 0 Å². The van der Waals surface area contributed by atoms with Crippen LogP contribution in [-0.2, 0) is 22.6 Å². The summed E-state index contributed by atoms with van der Waals surface area (Å²) in [4.78, 5) is 27.7. The Morgan fingerprint density at radius 3 is 2.21 bits per heavy atom. The number of nitrogens with one attached hydrogen (secondary N) is 1. The van der Waals surface area contributed by atoms with Gasteiger partial charge in [0.1, 0.15) is 6.04 Å². The molecule has 0 bridgehead atoms. The molecule has 0 aliphatic heterocycles. The molecule has 5 heteroatoms. The monoisotopic (exact) mass is 414 g/mol. The number of benzene rings is 2. The number of aryl methyl sites for hydroxylation is 1. The number of nitrogens with zero attached hydrogens (tertiary/aromatic N) is 1. The van der Waals surface area contributed by atoms with Crippen LogP contribution in [0.3, 0.4) is 0 Å². The van der Waals surface area contributed by atoms with Crippen molar-refractivity contribution in [2.24, 2.45) is 0 Å². The summed E-state index contributed by atoms with van der Waals surface area (Å²) in [5.41, 5.74) is 3.05. The van der Waals surface area contributed by atoms with Gasteiger partial charge in [0.05, 0.1) is 6.42 Å². The number of halogens is 1. The van der Waals surface area contributed by atoms with Crippen LogP contribution >= 0.6 is 11.6 Å². The highest BCUT2D eigenvalue weighted by Gasteiger charge is 2.28. The van der Waals surface area contributed by atoms with Gasteiger partial charge in [-0.2, -0.15) is 0 Å². The number of amides is 2. The van der Waals surface area contributed by atoms with E-state index < -0.39 is 6.04 Å². The van der Waals surface area contributed by atoms with Gasteiger partial charge in [-0.3, -0.25) is 9.59 Å². The zero-order chi connectivity index (χ0) is 21.2. The van der Waals surface area contributed by atoms with Crippen molar-refractivity contribution in [3.05, 3.63) is 70.2 Å². The average Bonchev–Trinajstić information content (AvgIpc) is 2.71. The van der Waals surface area contributed by atoms with Gasteiger partial charge in [-0.25, -0.2) is 0 Å². The molecule has 1 atom stereocenters. The van der Waals surface area contributed by atoms with Gasteiger partial charge >= 0.3 is 0 Å². The maximum absolute atomic E-state index is 13.2. The molecule has 2 rings (SSSR count). The number of unbranched alkanes of at least 4 members (excludes halogenated alkanes) is 1. The fourth-order valence-electron chi connectivity index (χ4n) is 3.19. The second-order valence-electron chi connectivity index (χ2n) is 7.38. The van der Waals surface area contributed by atoms with Crippen molar-refractivity contribution in [1.29, 1.82) is 0 Å². The van der Waals surface area contributed by atoms with Gasteiger partial charge in [-0.05, 0) is 43.0 Å². The maximum atomic E-state index is 13.2. The minimum atomic E-state index is -0.500. The standard InChI is InChI=1S/C24H31ClN2O2/c1-4-6-15-26-24(29)22(5-2)27(17-20-11-13-21(25)14-12-20)23(28)16-19-9-7-18(3)8-10-19/h7-14,22H,4-6,15-17H2,1-3H3,(H,26,29). The van der Waals surface area contributed by atoms with Crippen LogP contribution in [0.2, 0.25) is 5.02 Å². The predicted molar refractivity (Wildman–Crippen MR) is 119 cm³/mol. The van der Waals surface area contributed by atoms with Gasteiger partial charge in [0, 0.05) is 18.1 Å². The Bertz CT molecular complexity index is 788. The van der Waals surface area contributed by atoms with Crippen LogP contribution in [0.1, 0.15) is 49.8 Å². The first kappa shape index (κ1) is 23.0. The summed E-state index contributed by atoms with van der Waals surface area (Å²) in [5, 5.41) is 3.63. The molecule has 2 amide bonds. The van der Waals surface area contributed by atoms with Gasteiger partial charge < -0.3 is 10.2 Å². The number of hydrogen-bond acceptors (Lipinski definition) is 2. The van der Waals surface area contributed by atoms with E-state index in [4.69, 9.17) is 11.6 Å².